The zero-order valence-electron chi connectivity index (χ0n) is 18.3. The number of methoxy groups -OCH3 is 1. The zero-order valence-corrected chi connectivity index (χ0v) is 19.1. The zero-order chi connectivity index (χ0) is 22.3. The van der Waals surface area contributed by atoms with Gasteiger partial charge in [0.25, 0.3) is 5.56 Å². The Bertz CT molecular complexity index is 1160. The Hall–Kier alpha value is -2.38. The average molecular weight is 447 g/mol. The van der Waals surface area contributed by atoms with Crippen LogP contribution in [0, 0.1) is 5.92 Å². The Morgan fingerprint density at radius 3 is 2.68 bits per heavy atom. The van der Waals surface area contributed by atoms with Gasteiger partial charge in [0.2, 0.25) is 0 Å². The molecule has 1 fully saturated rings. The maximum Gasteiger partial charge on any atom is 0.276 e. The number of ether oxygens (including phenoxy) is 1. The highest BCUT2D eigenvalue weighted by Crippen LogP contribution is 2.38. The van der Waals surface area contributed by atoms with Crippen LogP contribution in [0.4, 0.5) is 4.39 Å². The third-order valence-corrected chi connectivity index (χ3v) is 6.91. The number of benzene rings is 1. The third kappa shape index (κ3) is 3.96. The molecule has 0 amide bonds. The number of fused-ring (bicyclic) bond motifs is 1. The molecule has 1 aliphatic heterocycles. The van der Waals surface area contributed by atoms with E-state index in [9.17, 15) is 9.18 Å². The Morgan fingerprint density at radius 2 is 2.03 bits per heavy atom. The van der Waals surface area contributed by atoms with Gasteiger partial charge in [-0.05, 0) is 36.5 Å². The molecule has 1 N–H and O–H groups in total. The number of piperidine rings is 1. The summed E-state index contributed by atoms with van der Waals surface area (Å²) in [7, 11) is 3.33. The molecular weight excluding hydrogens is 419 g/mol. The number of rotatable bonds is 5. The van der Waals surface area contributed by atoms with Gasteiger partial charge in [0.05, 0.1) is 13.3 Å². The lowest BCUT2D eigenvalue weighted by molar-refractivity contribution is 0.0170. The normalized spacial score (nSPS) is 16.9. The number of likely N-dealkylation sites (tertiary alicyclic amines) is 1. The summed E-state index contributed by atoms with van der Waals surface area (Å²) >= 11 is 6.71. The van der Waals surface area contributed by atoms with Crippen LogP contribution < -0.4 is 10.3 Å². The predicted molar refractivity (Wildman–Crippen MR) is 122 cm³/mol. The van der Waals surface area contributed by atoms with Crippen molar-refractivity contribution >= 4 is 22.5 Å². The van der Waals surface area contributed by atoms with Crippen molar-refractivity contribution in [3.05, 3.63) is 45.5 Å². The minimum Gasteiger partial charge on any atom is -0.496 e. The summed E-state index contributed by atoms with van der Waals surface area (Å²) in [6.45, 7) is 5.87. The van der Waals surface area contributed by atoms with E-state index < -0.39 is 5.67 Å². The Kier molecular flexibility index (Phi) is 5.83. The standard InChI is InChI=1S/C23H28ClFN4O2/c1-14(2)23(25)5-7-29(8-6-23)13-18-19(24)9-15(10-20(18)31-4)17-12-28(3)22(30)21-16(17)11-26-27-21/h9-12,14H,5-8,13H2,1-4H3,(H,26,27). The number of aryl methyl sites for hydroxylation is 1. The van der Waals surface area contributed by atoms with Gasteiger partial charge in [-0.25, -0.2) is 4.39 Å². The molecule has 1 aromatic carbocycles. The maximum atomic E-state index is 14.9. The lowest BCUT2D eigenvalue weighted by Crippen LogP contribution is -2.44. The second kappa shape index (κ2) is 8.28. The summed E-state index contributed by atoms with van der Waals surface area (Å²) in [6.07, 6.45) is 4.48. The van der Waals surface area contributed by atoms with Gasteiger partial charge in [-0.3, -0.25) is 14.8 Å². The first-order valence-corrected chi connectivity index (χ1v) is 10.9. The molecule has 0 spiro atoms. The van der Waals surface area contributed by atoms with Crippen LogP contribution in [-0.2, 0) is 13.6 Å². The third-order valence-electron chi connectivity index (χ3n) is 6.58. The molecule has 3 aromatic rings. The number of halogens is 2. The molecular formula is C23H28ClFN4O2. The number of H-pyrrole nitrogens is 1. The number of hydrogen-bond donors (Lipinski definition) is 1. The van der Waals surface area contributed by atoms with Gasteiger partial charge in [-0.1, -0.05) is 25.4 Å². The highest BCUT2D eigenvalue weighted by atomic mass is 35.5. The molecule has 2 aromatic heterocycles. The van der Waals surface area contributed by atoms with E-state index in [0.717, 1.165) is 22.1 Å². The fourth-order valence-corrected chi connectivity index (χ4v) is 4.64. The van der Waals surface area contributed by atoms with E-state index in [1.165, 1.54) is 4.57 Å². The molecule has 3 heterocycles. The molecule has 0 unspecified atom stereocenters. The van der Waals surface area contributed by atoms with Crippen molar-refractivity contribution in [1.29, 1.82) is 0 Å². The summed E-state index contributed by atoms with van der Waals surface area (Å²) in [4.78, 5) is 14.6. The highest BCUT2D eigenvalue weighted by Gasteiger charge is 2.37. The molecule has 6 nitrogen and oxygen atoms in total. The van der Waals surface area contributed by atoms with Crippen molar-refractivity contribution in [3.63, 3.8) is 0 Å². The summed E-state index contributed by atoms with van der Waals surface area (Å²) in [5, 5.41) is 8.13. The van der Waals surface area contributed by atoms with E-state index >= 15 is 0 Å². The Morgan fingerprint density at radius 1 is 1.32 bits per heavy atom. The van der Waals surface area contributed by atoms with Crippen LogP contribution >= 0.6 is 11.6 Å². The summed E-state index contributed by atoms with van der Waals surface area (Å²) in [6, 6.07) is 3.83. The quantitative estimate of drug-likeness (QED) is 0.624. The van der Waals surface area contributed by atoms with E-state index in [1.54, 1.807) is 26.6 Å². The van der Waals surface area contributed by atoms with Crippen molar-refractivity contribution in [1.82, 2.24) is 19.7 Å². The van der Waals surface area contributed by atoms with E-state index in [-0.39, 0.29) is 11.5 Å². The van der Waals surface area contributed by atoms with Gasteiger partial charge in [-0.15, -0.1) is 0 Å². The molecule has 1 aliphatic rings. The van der Waals surface area contributed by atoms with Crippen LogP contribution in [0.15, 0.2) is 29.3 Å². The molecule has 1 saturated heterocycles. The van der Waals surface area contributed by atoms with E-state index in [4.69, 9.17) is 16.3 Å². The van der Waals surface area contributed by atoms with E-state index in [1.807, 2.05) is 26.0 Å². The molecule has 8 heteroatoms. The summed E-state index contributed by atoms with van der Waals surface area (Å²) in [5.74, 6) is 0.697. The SMILES string of the molecule is COc1cc(-c2cn(C)c(=O)c3[nH]ncc23)cc(Cl)c1CN1CCC(F)(C(C)C)CC1. The lowest BCUT2D eigenvalue weighted by atomic mass is 9.83. The molecule has 0 radical (unpaired) electrons. The van der Waals surface area contributed by atoms with Crippen molar-refractivity contribution < 1.29 is 9.13 Å². The van der Waals surface area contributed by atoms with Crippen LogP contribution in [0.2, 0.25) is 5.02 Å². The number of pyridine rings is 1. The first-order valence-electron chi connectivity index (χ1n) is 10.5. The van der Waals surface area contributed by atoms with E-state index in [2.05, 4.69) is 15.1 Å². The highest BCUT2D eigenvalue weighted by molar-refractivity contribution is 6.32. The maximum absolute atomic E-state index is 14.9. The lowest BCUT2D eigenvalue weighted by Gasteiger charge is -2.39. The minimum atomic E-state index is -1.09. The molecule has 166 valence electrons. The van der Waals surface area contributed by atoms with Gasteiger partial charge in [0.15, 0.2) is 0 Å². The fourth-order valence-electron chi connectivity index (χ4n) is 4.37. The number of aromatic amines is 1. The van der Waals surface area contributed by atoms with Gasteiger partial charge in [0, 0.05) is 54.4 Å². The second-order valence-electron chi connectivity index (χ2n) is 8.72. The number of hydrogen-bond acceptors (Lipinski definition) is 4. The first-order chi connectivity index (χ1) is 14.7. The summed E-state index contributed by atoms with van der Waals surface area (Å²) < 4.78 is 22.1. The van der Waals surface area contributed by atoms with E-state index in [0.29, 0.717) is 48.8 Å². The predicted octanol–water partition coefficient (Wildman–Crippen LogP) is 4.55. The molecule has 0 saturated carbocycles. The van der Waals surface area contributed by atoms with Crippen LogP contribution in [0.1, 0.15) is 32.3 Å². The first kappa shape index (κ1) is 21.8. The van der Waals surface area contributed by atoms with Crippen molar-refractivity contribution in [2.24, 2.45) is 13.0 Å². The second-order valence-corrected chi connectivity index (χ2v) is 9.13. The monoisotopic (exact) mass is 446 g/mol. The van der Waals surface area contributed by atoms with Gasteiger partial charge in [0.1, 0.15) is 16.9 Å². The Labute approximate surface area is 186 Å². The van der Waals surface area contributed by atoms with Crippen molar-refractivity contribution in [2.45, 2.75) is 38.9 Å². The minimum absolute atomic E-state index is 0.0219. The van der Waals surface area contributed by atoms with Gasteiger partial charge in [-0.2, -0.15) is 5.10 Å². The number of nitrogens with one attached hydrogen (secondary N) is 1. The molecule has 0 aliphatic carbocycles. The van der Waals surface area contributed by atoms with Crippen molar-refractivity contribution in [3.8, 4) is 16.9 Å². The van der Waals surface area contributed by atoms with Crippen LogP contribution in [-0.4, -0.2) is 45.5 Å². The van der Waals surface area contributed by atoms with Gasteiger partial charge < -0.3 is 9.30 Å². The largest absolute Gasteiger partial charge is 0.496 e. The van der Waals surface area contributed by atoms with Gasteiger partial charge >= 0.3 is 0 Å². The average Bonchev–Trinajstić information content (AvgIpc) is 3.23. The Balaban J connectivity index is 1.66. The molecule has 0 atom stereocenters. The van der Waals surface area contributed by atoms with Crippen molar-refractivity contribution in [2.75, 3.05) is 20.2 Å². The number of aromatic nitrogens is 3. The smallest absolute Gasteiger partial charge is 0.276 e. The molecule has 31 heavy (non-hydrogen) atoms. The molecule has 4 rings (SSSR count). The fraction of sp³-hybridized carbons (Fsp3) is 0.478. The number of nitrogens with zero attached hydrogens (tertiary/aromatic N) is 3. The number of alkyl halides is 1. The van der Waals surface area contributed by atoms with Crippen LogP contribution in [0.25, 0.3) is 22.0 Å². The molecule has 0 bridgehead atoms. The topological polar surface area (TPSA) is 63.1 Å². The van der Waals surface area contributed by atoms with Crippen LogP contribution in [0.3, 0.4) is 0 Å². The summed E-state index contributed by atoms with van der Waals surface area (Å²) in [5.41, 5.74) is 1.79. The van der Waals surface area contributed by atoms with Crippen LogP contribution in [0.5, 0.6) is 5.75 Å².